The third-order valence-corrected chi connectivity index (χ3v) is 6.62. The van der Waals surface area contributed by atoms with Gasteiger partial charge >= 0.3 is 0 Å². The van der Waals surface area contributed by atoms with E-state index in [4.69, 9.17) is 9.47 Å². The average molecular weight is 479 g/mol. The van der Waals surface area contributed by atoms with Crippen LogP contribution in [0.1, 0.15) is 17.3 Å². The molecule has 2 amide bonds. The number of benzene rings is 2. The molecule has 0 fully saturated rings. The number of anilines is 2. The summed E-state index contributed by atoms with van der Waals surface area (Å²) in [5.41, 5.74) is 1.86. The van der Waals surface area contributed by atoms with Gasteiger partial charge in [0.15, 0.2) is 16.6 Å². The number of fused-ring (bicyclic) bond motifs is 2. The minimum absolute atomic E-state index is 0.146. The molecule has 5 rings (SSSR count). The van der Waals surface area contributed by atoms with Gasteiger partial charge in [-0.1, -0.05) is 23.1 Å². The fourth-order valence-corrected chi connectivity index (χ4v) is 5.08. The van der Waals surface area contributed by atoms with Crippen LogP contribution in [0.15, 0.2) is 64.6 Å². The van der Waals surface area contributed by atoms with Crippen molar-refractivity contribution < 1.29 is 19.1 Å². The van der Waals surface area contributed by atoms with Crippen LogP contribution in [0.2, 0.25) is 0 Å². The lowest BCUT2D eigenvalue weighted by Crippen LogP contribution is -2.15. The van der Waals surface area contributed by atoms with E-state index >= 15 is 0 Å². The Morgan fingerprint density at radius 1 is 1.03 bits per heavy atom. The van der Waals surface area contributed by atoms with Gasteiger partial charge in [0, 0.05) is 23.7 Å². The Labute approximate surface area is 197 Å². The van der Waals surface area contributed by atoms with Crippen LogP contribution in [0, 0.1) is 0 Å². The van der Waals surface area contributed by atoms with Gasteiger partial charge in [-0.3, -0.25) is 14.9 Å². The maximum atomic E-state index is 13.0. The zero-order valence-corrected chi connectivity index (χ0v) is 19.1. The predicted octanol–water partition coefficient (Wildman–Crippen LogP) is 4.82. The fraction of sp³-hybridized carbons (Fsp3) is 0.130. The molecular formula is C23H18N4O4S2. The summed E-state index contributed by atoms with van der Waals surface area (Å²) in [5, 5.41) is 6.65. The second kappa shape index (κ2) is 9.08. The molecule has 8 nitrogen and oxygen atoms in total. The second-order valence-corrected chi connectivity index (χ2v) is 9.19. The molecule has 0 spiro atoms. The van der Waals surface area contributed by atoms with Gasteiger partial charge in [-0.05, 0) is 48.5 Å². The van der Waals surface area contributed by atoms with Crippen molar-refractivity contribution in [1.29, 1.82) is 0 Å². The molecule has 10 heteroatoms. The van der Waals surface area contributed by atoms with Crippen molar-refractivity contribution >= 4 is 55.9 Å². The highest BCUT2D eigenvalue weighted by Crippen LogP contribution is 2.37. The lowest BCUT2D eigenvalue weighted by molar-refractivity contribution is -0.114. The van der Waals surface area contributed by atoms with Crippen molar-refractivity contribution in [3.63, 3.8) is 0 Å². The second-order valence-electron chi connectivity index (χ2n) is 7.10. The molecule has 1 aliphatic rings. The SMILES string of the molecule is CC(=O)Nc1ccc2nc(NC(=O)c3cccnc3Sc3ccc4c(c3)OCCO4)sc2c1. The van der Waals surface area contributed by atoms with Crippen molar-refractivity contribution in [2.75, 3.05) is 23.8 Å². The topological polar surface area (TPSA) is 102 Å². The standard InChI is InChI=1S/C23H18N4O4S2/c1-13(28)25-14-4-6-17-20(11-14)33-23(26-17)27-21(29)16-3-2-8-24-22(16)32-15-5-7-18-19(12-15)31-10-9-30-18/h2-8,11-12H,9-10H2,1H3,(H,25,28)(H,26,27,29). The van der Waals surface area contributed by atoms with Gasteiger partial charge in [-0.25, -0.2) is 9.97 Å². The number of aromatic nitrogens is 2. The number of ether oxygens (including phenoxy) is 2. The van der Waals surface area contributed by atoms with Gasteiger partial charge < -0.3 is 14.8 Å². The molecule has 0 bridgehead atoms. The van der Waals surface area contributed by atoms with Crippen LogP contribution >= 0.6 is 23.1 Å². The molecule has 0 aliphatic carbocycles. The number of hydrogen-bond donors (Lipinski definition) is 2. The Bertz CT molecular complexity index is 1370. The minimum atomic E-state index is -0.302. The van der Waals surface area contributed by atoms with E-state index in [1.54, 1.807) is 30.5 Å². The summed E-state index contributed by atoms with van der Waals surface area (Å²) < 4.78 is 12.1. The number of carbonyl (C=O) groups excluding carboxylic acids is 2. The molecule has 0 unspecified atom stereocenters. The monoisotopic (exact) mass is 478 g/mol. The Balaban J connectivity index is 1.36. The highest BCUT2D eigenvalue weighted by molar-refractivity contribution is 7.99. The molecule has 166 valence electrons. The molecule has 2 N–H and O–H groups in total. The number of amides is 2. The maximum Gasteiger partial charge on any atom is 0.260 e. The Morgan fingerprint density at radius 3 is 2.73 bits per heavy atom. The third-order valence-electron chi connectivity index (χ3n) is 4.67. The van der Waals surface area contributed by atoms with Crippen LogP contribution in [0.3, 0.4) is 0 Å². The summed E-state index contributed by atoms with van der Waals surface area (Å²) in [6, 6.07) is 14.5. The Morgan fingerprint density at radius 2 is 1.88 bits per heavy atom. The van der Waals surface area contributed by atoms with Crippen molar-refractivity contribution in [2.45, 2.75) is 16.8 Å². The molecule has 0 saturated heterocycles. The van der Waals surface area contributed by atoms with Crippen LogP contribution in [0.5, 0.6) is 11.5 Å². The fourth-order valence-electron chi connectivity index (χ4n) is 3.27. The van der Waals surface area contributed by atoms with Crippen molar-refractivity contribution in [1.82, 2.24) is 9.97 Å². The van der Waals surface area contributed by atoms with Crippen molar-refractivity contribution in [3.8, 4) is 11.5 Å². The van der Waals surface area contributed by atoms with Crippen molar-refractivity contribution in [2.24, 2.45) is 0 Å². The summed E-state index contributed by atoms with van der Waals surface area (Å²) in [4.78, 5) is 34.1. The highest BCUT2D eigenvalue weighted by atomic mass is 32.2. The molecule has 33 heavy (non-hydrogen) atoms. The van der Waals surface area contributed by atoms with E-state index in [0.717, 1.165) is 15.1 Å². The van der Waals surface area contributed by atoms with Gasteiger partial charge in [-0.15, -0.1) is 0 Å². The van der Waals surface area contributed by atoms with E-state index in [1.807, 2.05) is 24.3 Å². The molecule has 0 saturated carbocycles. The van der Waals surface area contributed by atoms with E-state index in [1.165, 1.54) is 30.0 Å². The molecule has 0 atom stereocenters. The molecule has 0 radical (unpaired) electrons. The summed E-state index contributed by atoms with van der Waals surface area (Å²) >= 11 is 2.71. The van der Waals surface area contributed by atoms with Crippen LogP contribution in [-0.4, -0.2) is 35.0 Å². The highest BCUT2D eigenvalue weighted by Gasteiger charge is 2.18. The first-order chi connectivity index (χ1) is 16.0. The number of pyridine rings is 1. The number of thiazole rings is 1. The number of nitrogens with zero attached hydrogens (tertiary/aromatic N) is 2. The van der Waals surface area contributed by atoms with Gasteiger partial charge in [0.05, 0.1) is 15.8 Å². The van der Waals surface area contributed by atoms with Gasteiger partial charge in [0.25, 0.3) is 5.91 Å². The predicted molar refractivity (Wildman–Crippen MR) is 128 cm³/mol. The molecule has 2 aromatic carbocycles. The minimum Gasteiger partial charge on any atom is -0.486 e. The Kier molecular flexibility index (Phi) is 5.84. The van der Waals surface area contributed by atoms with E-state index < -0.39 is 0 Å². The molecule has 3 heterocycles. The normalized spacial score (nSPS) is 12.4. The van der Waals surface area contributed by atoms with Gasteiger partial charge in [0.1, 0.15) is 18.2 Å². The number of nitrogens with one attached hydrogen (secondary N) is 2. The van der Waals surface area contributed by atoms with E-state index in [9.17, 15) is 9.59 Å². The average Bonchev–Trinajstić information content (AvgIpc) is 3.20. The van der Waals surface area contributed by atoms with E-state index in [2.05, 4.69) is 20.6 Å². The van der Waals surface area contributed by atoms with E-state index in [0.29, 0.717) is 46.1 Å². The maximum absolute atomic E-state index is 13.0. The lowest BCUT2D eigenvalue weighted by atomic mass is 10.3. The molecule has 1 aliphatic heterocycles. The van der Waals surface area contributed by atoms with Crippen LogP contribution in [0.25, 0.3) is 10.2 Å². The first-order valence-corrected chi connectivity index (χ1v) is 11.7. The zero-order chi connectivity index (χ0) is 22.8. The third kappa shape index (κ3) is 4.76. The van der Waals surface area contributed by atoms with Crippen molar-refractivity contribution in [3.05, 3.63) is 60.3 Å². The first kappa shape index (κ1) is 21.2. The molecule has 2 aromatic heterocycles. The summed E-state index contributed by atoms with van der Waals surface area (Å²) in [6.07, 6.45) is 1.65. The summed E-state index contributed by atoms with van der Waals surface area (Å²) in [5.74, 6) is 0.944. The number of hydrogen-bond acceptors (Lipinski definition) is 8. The quantitative estimate of drug-likeness (QED) is 0.424. The lowest BCUT2D eigenvalue weighted by Gasteiger charge is -2.18. The summed E-state index contributed by atoms with van der Waals surface area (Å²) in [6.45, 7) is 2.49. The number of rotatable bonds is 5. The van der Waals surface area contributed by atoms with Crippen LogP contribution < -0.4 is 20.1 Å². The molecule has 4 aromatic rings. The first-order valence-electron chi connectivity index (χ1n) is 10.1. The Hall–Kier alpha value is -3.63. The summed E-state index contributed by atoms with van der Waals surface area (Å²) in [7, 11) is 0. The van der Waals surface area contributed by atoms with Gasteiger partial charge in [-0.2, -0.15) is 0 Å². The van der Waals surface area contributed by atoms with Crippen LogP contribution in [0.4, 0.5) is 10.8 Å². The van der Waals surface area contributed by atoms with Gasteiger partial charge in [0.2, 0.25) is 5.91 Å². The molecular weight excluding hydrogens is 460 g/mol. The number of carbonyl (C=O) groups is 2. The van der Waals surface area contributed by atoms with Crippen LogP contribution in [-0.2, 0) is 4.79 Å². The zero-order valence-electron chi connectivity index (χ0n) is 17.5. The van der Waals surface area contributed by atoms with E-state index in [-0.39, 0.29) is 11.8 Å². The largest absolute Gasteiger partial charge is 0.486 e. The smallest absolute Gasteiger partial charge is 0.260 e.